The standard InChI is InChI=1S/C12H18N2O5S/c1-3-19-8-12(15)14-7-9-6-10(20(13,16)17)4-5-11(9)18-2/h4-6H,3,7-8H2,1-2H3,(H,14,15)(H2,13,16,17). The molecule has 0 saturated heterocycles. The van der Waals surface area contributed by atoms with E-state index in [1.165, 1.54) is 25.3 Å². The van der Waals surface area contributed by atoms with Crippen molar-refractivity contribution in [1.29, 1.82) is 0 Å². The molecule has 0 radical (unpaired) electrons. The van der Waals surface area contributed by atoms with E-state index in [1.807, 2.05) is 0 Å². The summed E-state index contributed by atoms with van der Waals surface area (Å²) >= 11 is 0. The normalized spacial score (nSPS) is 11.2. The van der Waals surface area contributed by atoms with Crippen LogP contribution < -0.4 is 15.2 Å². The van der Waals surface area contributed by atoms with Crippen molar-refractivity contribution in [3.63, 3.8) is 0 Å². The molecule has 0 aliphatic carbocycles. The van der Waals surface area contributed by atoms with Crippen molar-refractivity contribution in [2.24, 2.45) is 5.14 Å². The number of ether oxygens (including phenoxy) is 2. The van der Waals surface area contributed by atoms with Crippen LogP contribution >= 0.6 is 0 Å². The van der Waals surface area contributed by atoms with E-state index in [9.17, 15) is 13.2 Å². The van der Waals surface area contributed by atoms with Gasteiger partial charge in [0.2, 0.25) is 15.9 Å². The summed E-state index contributed by atoms with van der Waals surface area (Å²) in [6.45, 7) is 2.30. The van der Waals surface area contributed by atoms with Gasteiger partial charge in [-0.2, -0.15) is 0 Å². The highest BCUT2D eigenvalue weighted by atomic mass is 32.2. The average Bonchev–Trinajstić information content (AvgIpc) is 2.41. The van der Waals surface area contributed by atoms with Crippen molar-refractivity contribution in [2.45, 2.75) is 18.4 Å². The Labute approximate surface area is 118 Å². The molecule has 0 saturated carbocycles. The number of primary sulfonamides is 1. The van der Waals surface area contributed by atoms with Crippen LogP contribution in [0.25, 0.3) is 0 Å². The SMILES string of the molecule is CCOCC(=O)NCc1cc(S(N)(=O)=O)ccc1OC. The van der Waals surface area contributed by atoms with Gasteiger partial charge in [0.25, 0.3) is 0 Å². The van der Waals surface area contributed by atoms with Crippen molar-refractivity contribution < 1.29 is 22.7 Å². The van der Waals surface area contributed by atoms with E-state index < -0.39 is 10.0 Å². The van der Waals surface area contributed by atoms with E-state index in [-0.39, 0.29) is 24.0 Å². The molecule has 1 aromatic rings. The van der Waals surface area contributed by atoms with Crippen LogP contribution in [-0.4, -0.2) is 34.6 Å². The number of sulfonamides is 1. The molecule has 20 heavy (non-hydrogen) atoms. The van der Waals surface area contributed by atoms with Crippen LogP contribution in [0.5, 0.6) is 5.75 Å². The molecular weight excluding hydrogens is 284 g/mol. The van der Waals surface area contributed by atoms with Gasteiger partial charge >= 0.3 is 0 Å². The first-order valence-corrected chi connectivity index (χ1v) is 7.47. The van der Waals surface area contributed by atoms with Gasteiger partial charge in [-0.15, -0.1) is 0 Å². The molecule has 0 atom stereocenters. The van der Waals surface area contributed by atoms with Crippen LogP contribution in [-0.2, 0) is 26.1 Å². The van der Waals surface area contributed by atoms with Crippen molar-refractivity contribution in [2.75, 3.05) is 20.3 Å². The molecule has 0 fully saturated rings. The minimum absolute atomic E-state index is 0.0349. The summed E-state index contributed by atoms with van der Waals surface area (Å²) < 4.78 is 32.7. The van der Waals surface area contributed by atoms with Crippen LogP contribution in [0.3, 0.4) is 0 Å². The monoisotopic (exact) mass is 302 g/mol. The second-order valence-electron chi connectivity index (χ2n) is 3.93. The summed E-state index contributed by atoms with van der Waals surface area (Å²) in [5.41, 5.74) is 0.517. The lowest BCUT2D eigenvalue weighted by Gasteiger charge is -2.11. The fourth-order valence-electron chi connectivity index (χ4n) is 1.51. The molecule has 0 aliphatic heterocycles. The number of carbonyl (C=O) groups is 1. The molecule has 1 amide bonds. The first-order chi connectivity index (χ1) is 9.38. The van der Waals surface area contributed by atoms with Gasteiger partial charge in [0, 0.05) is 18.7 Å². The van der Waals surface area contributed by atoms with Crippen LogP contribution in [0.1, 0.15) is 12.5 Å². The highest BCUT2D eigenvalue weighted by Gasteiger charge is 2.12. The maximum absolute atomic E-state index is 11.4. The summed E-state index contributed by atoms with van der Waals surface area (Å²) in [6.07, 6.45) is 0. The summed E-state index contributed by atoms with van der Waals surface area (Å²) in [5.74, 6) is 0.170. The summed E-state index contributed by atoms with van der Waals surface area (Å²) in [5, 5.41) is 7.67. The molecule has 0 bridgehead atoms. The van der Waals surface area contributed by atoms with Crippen molar-refractivity contribution >= 4 is 15.9 Å². The first kappa shape index (κ1) is 16.4. The Morgan fingerprint density at radius 3 is 2.65 bits per heavy atom. The fourth-order valence-corrected chi connectivity index (χ4v) is 2.07. The van der Waals surface area contributed by atoms with E-state index in [0.29, 0.717) is 17.9 Å². The van der Waals surface area contributed by atoms with Gasteiger partial charge in [0.05, 0.1) is 12.0 Å². The lowest BCUT2D eigenvalue weighted by Crippen LogP contribution is -2.27. The van der Waals surface area contributed by atoms with Gasteiger partial charge in [-0.1, -0.05) is 0 Å². The highest BCUT2D eigenvalue weighted by molar-refractivity contribution is 7.89. The van der Waals surface area contributed by atoms with Crippen LogP contribution in [0.15, 0.2) is 23.1 Å². The summed E-state index contributed by atoms with van der Waals surface area (Å²) in [4.78, 5) is 11.4. The predicted octanol–water partition coefficient (Wildman–Crippen LogP) is -0.00470. The fraction of sp³-hybridized carbons (Fsp3) is 0.417. The van der Waals surface area contributed by atoms with Crippen molar-refractivity contribution in [1.82, 2.24) is 5.32 Å². The van der Waals surface area contributed by atoms with E-state index in [1.54, 1.807) is 6.92 Å². The third-order valence-corrected chi connectivity index (χ3v) is 3.40. The number of rotatable bonds is 7. The highest BCUT2D eigenvalue weighted by Crippen LogP contribution is 2.21. The van der Waals surface area contributed by atoms with Gasteiger partial charge < -0.3 is 14.8 Å². The maximum atomic E-state index is 11.4. The van der Waals surface area contributed by atoms with E-state index >= 15 is 0 Å². The Kier molecular flexibility index (Phi) is 5.93. The number of carbonyl (C=O) groups excluding carboxylic acids is 1. The van der Waals surface area contributed by atoms with Gasteiger partial charge in [0.1, 0.15) is 12.4 Å². The molecule has 112 valence electrons. The predicted molar refractivity (Wildman–Crippen MR) is 72.7 cm³/mol. The van der Waals surface area contributed by atoms with Gasteiger partial charge in [-0.05, 0) is 25.1 Å². The Morgan fingerprint density at radius 2 is 2.10 bits per heavy atom. The number of hydrogen-bond donors (Lipinski definition) is 2. The molecule has 1 aromatic carbocycles. The van der Waals surface area contributed by atoms with Crippen molar-refractivity contribution in [3.05, 3.63) is 23.8 Å². The molecule has 1 rings (SSSR count). The lowest BCUT2D eigenvalue weighted by atomic mass is 10.2. The molecule has 0 aliphatic rings. The molecule has 0 heterocycles. The number of amides is 1. The number of nitrogens with one attached hydrogen (secondary N) is 1. The lowest BCUT2D eigenvalue weighted by molar-refractivity contribution is -0.125. The Morgan fingerprint density at radius 1 is 1.40 bits per heavy atom. The largest absolute Gasteiger partial charge is 0.496 e. The third-order valence-electron chi connectivity index (χ3n) is 2.49. The number of benzene rings is 1. The second-order valence-corrected chi connectivity index (χ2v) is 5.49. The molecular formula is C12H18N2O5S. The van der Waals surface area contributed by atoms with E-state index in [0.717, 1.165) is 0 Å². The van der Waals surface area contributed by atoms with Crippen molar-refractivity contribution in [3.8, 4) is 5.75 Å². The van der Waals surface area contributed by atoms with Gasteiger partial charge in [-0.3, -0.25) is 4.79 Å². The zero-order valence-electron chi connectivity index (χ0n) is 11.4. The van der Waals surface area contributed by atoms with Gasteiger partial charge in [-0.25, -0.2) is 13.6 Å². The topological polar surface area (TPSA) is 108 Å². The average molecular weight is 302 g/mol. The van der Waals surface area contributed by atoms with Gasteiger partial charge in [0.15, 0.2) is 0 Å². The zero-order chi connectivity index (χ0) is 15.2. The Bertz CT molecular complexity index is 571. The molecule has 8 heteroatoms. The molecule has 3 N–H and O–H groups in total. The maximum Gasteiger partial charge on any atom is 0.246 e. The molecule has 0 aromatic heterocycles. The smallest absolute Gasteiger partial charge is 0.246 e. The number of hydrogen-bond acceptors (Lipinski definition) is 5. The van der Waals surface area contributed by atoms with E-state index in [4.69, 9.17) is 14.6 Å². The molecule has 7 nitrogen and oxygen atoms in total. The number of methoxy groups -OCH3 is 1. The molecule has 0 unspecified atom stereocenters. The Balaban J connectivity index is 2.84. The summed E-state index contributed by atoms with van der Waals surface area (Å²) in [6, 6.07) is 4.21. The minimum atomic E-state index is -3.80. The quantitative estimate of drug-likeness (QED) is 0.737. The van der Waals surface area contributed by atoms with Crippen LogP contribution in [0.4, 0.5) is 0 Å². The Hall–Kier alpha value is -1.64. The first-order valence-electron chi connectivity index (χ1n) is 5.92. The second kappa shape index (κ2) is 7.22. The summed E-state index contributed by atoms with van der Waals surface area (Å²) in [7, 11) is -2.34. The van der Waals surface area contributed by atoms with Crippen LogP contribution in [0.2, 0.25) is 0 Å². The number of nitrogens with two attached hydrogens (primary N) is 1. The molecule has 0 spiro atoms. The van der Waals surface area contributed by atoms with Crippen LogP contribution in [0, 0.1) is 0 Å². The zero-order valence-corrected chi connectivity index (χ0v) is 12.2. The van der Waals surface area contributed by atoms with E-state index in [2.05, 4.69) is 5.32 Å². The third kappa shape index (κ3) is 4.80. The minimum Gasteiger partial charge on any atom is -0.496 e.